The monoisotopic (exact) mass is 216 g/mol. The Labute approximate surface area is 85.4 Å². The number of phenolic OH excluding ortho intramolecular Hbond substituents is 3. The molecular weight excluding hydrogens is 208 g/mol. The van der Waals surface area contributed by atoms with Crippen molar-refractivity contribution in [2.24, 2.45) is 0 Å². The van der Waals surface area contributed by atoms with Gasteiger partial charge in [0.05, 0.1) is 5.02 Å². The standard InChI is InChI=1S/C9H9ClO4/c10-8-5(2-1-3-11)9(14)7(13)4-6(8)12/h3-4,12-14H,1-2H2. The second-order valence-corrected chi connectivity index (χ2v) is 3.14. The number of phenols is 3. The highest BCUT2D eigenvalue weighted by atomic mass is 35.5. The second-order valence-electron chi connectivity index (χ2n) is 2.76. The first-order chi connectivity index (χ1) is 6.57. The van der Waals surface area contributed by atoms with Crippen molar-refractivity contribution >= 4 is 17.9 Å². The predicted octanol–water partition coefficient (Wildman–Crippen LogP) is 1.59. The van der Waals surface area contributed by atoms with Gasteiger partial charge in [-0.3, -0.25) is 0 Å². The molecule has 76 valence electrons. The molecule has 0 fully saturated rings. The average Bonchev–Trinajstić information content (AvgIpc) is 2.15. The Morgan fingerprint density at radius 1 is 1.29 bits per heavy atom. The van der Waals surface area contributed by atoms with E-state index in [0.717, 1.165) is 6.07 Å². The molecule has 0 heterocycles. The number of benzene rings is 1. The summed E-state index contributed by atoms with van der Waals surface area (Å²) < 4.78 is 0. The Morgan fingerprint density at radius 3 is 2.50 bits per heavy atom. The van der Waals surface area contributed by atoms with Crippen molar-refractivity contribution in [1.29, 1.82) is 0 Å². The van der Waals surface area contributed by atoms with Crippen LogP contribution in [0.1, 0.15) is 12.0 Å². The minimum atomic E-state index is -0.451. The van der Waals surface area contributed by atoms with Crippen molar-refractivity contribution in [3.8, 4) is 17.2 Å². The van der Waals surface area contributed by atoms with Gasteiger partial charge in [-0.2, -0.15) is 0 Å². The highest BCUT2D eigenvalue weighted by Crippen LogP contribution is 2.40. The molecule has 0 amide bonds. The van der Waals surface area contributed by atoms with Gasteiger partial charge in [0.25, 0.3) is 0 Å². The molecule has 0 aromatic heterocycles. The number of hydrogen-bond acceptors (Lipinski definition) is 4. The highest BCUT2D eigenvalue weighted by Gasteiger charge is 2.14. The van der Waals surface area contributed by atoms with Crippen LogP contribution in [0.15, 0.2) is 6.07 Å². The van der Waals surface area contributed by atoms with E-state index in [2.05, 4.69) is 0 Å². The number of carbonyl (C=O) groups is 1. The lowest BCUT2D eigenvalue weighted by Gasteiger charge is -2.08. The van der Waals surface area contributed by atoms with Crippen LogP contribution >= 0.6 is 11.6 Å². The third kappa shape index (κ3) is 1.90. The van der Waals surface area contributed by atoms with Crippen molar-refractivity contribution < 1.29 is 20.1 Å². The smallest absolute Gasteiger partial charge is 0.162 e. The third-order valence-electron chi connectivity index (χ3n) is 1.80. The van der Waals surface area contributed by atoms with Crippen LogP contribution in [-0.2, 0) is 11.2 Å². The average molecular weight is 217 g/mol. The maximum absolute atomic E-state index is 10.1. The second kappa shape index (κ2) is 4.19. The van der Waals surface area contributed by atoms with Crippen LogP contribution in [0.2, 0.25) is 5.02 Å². The molecule has 0 aliphatic carbocycles. The maximum Gasteiger partial charge on any atom is 0.162 e. The van der Waals surface area contributed by atoms with E-state index in [0.29, 0.717) is 6.29 Å². The van der Waals surface area contributed by atoms with Gasteiger partial charge in [0, 0.05) is 18.1 Å². The summed E-state index contributed by atoms with van der Waals surface area (Å²) in [5.41, 5.74) is 0.177. The summed E-state index contributed by atoms with van der Waals surface area (Å²) in [7, 11) is 0. The summed E-state index contributed by atoms with van der Waals surface area (Å²) in [6, 6.07) is 0.947. The Kier molecular flexibility index (Phi) is 3.19. The lowest BCUT2D eigenvalue weighted by atomic mass is 10.1. The van der Waals surface area contributed by atoms with Crippen molar-refractivity contribution in [1.82, 2.24) is 0 Å². The molecule has 4 nitrogen and oxygen atoms in total. The molecule has 1 aromatic rings. The van der Waals surface area contributed by atoms with E-state index in [1.165, 1.54) is 0 Å². The Morgan fingerprint density at radius 2 is 1.93 bits per heavy atom. The van der Waals surface area contributed by atoms with Gasteiger partial charge in [0.2, 0.25) is 0 Å². The van der Waals surface area contributed by atoms with Crippen molar-refractivity contribution in [3.05, 3.63) is 16.7 Å². The van der Waals surface area contributed by atoms with E-state index in [1.807, 2.05) is 0 Å². The minimum absolute atomic E-state index is 0.0397. The summed E-state index contributed by atoms with van der Waals surface area (Å²) in [4.78, 5) is 10.1. The van der Waals surface area contributed by atoms with E-state index in [1.54, 1.807) is 0 Å². The number of rotatable bonds is 3. The van der Waals surface area contributed by atoms with Crippen LogP contribution in [0.4, 0.5) is 0 Å². The van der Waals surface area contributed by atoms with Crippen LogP contribution in [0, 0.1) is 0 Å². The Balaban J connectivity index is 3.17. The van der Waals surface area contributed by atoms with Gasteiger partial charge in [0.15, 0.2) is 11.5 Å². The van der Waals surface area contributed by atoms with Gasteiger partial charge in [-0.1, -0.05) is 11.6 Å². The Hall–Kier alpha value is -1.42. The zero-order valence-electron chi connectivity index (χ0n) is 7.20. The van der Waals surface area contributed by atoms with Crippen LogP contribution < -0.4 is 0 Å². The first-order valence-electron chi connectivity index (χ1n) is 3.93. The van der Waals surface area contributed by atoms with E-state index >= 15 is 0 Å². The molecule has 0 spiro atoms. The number of hydrogen-bond donors (Lipinski definition) is 3. The summed E-state index contributed by atoms with van der Waals surface area (Å²) in [5.74, 6) is -1.16. The molecule has 0 atom stereocenters. The first kappa shape index (κ1) is 10.7. The summed E-state index contributed by atoms with van der Waals surface area (Å²) >= 11 is 5.67. The van der Waals surface area contributed by atoms with Gasteiger partial charge in [-0.15, -0.1) is 0 Å². The fraction of sp³-hybridized carbons (Fsp3) is 0.222. The van der Waals surface area contributed by atoms with Gasteiger partial charge in [0.1, 0.15) is 12.0 Å². The third-order valence-corrected chi connectivity index (χ3v) is 2.23. The van der Waals surface area contributed by atoms with E-state index in [-0.39, 0.29) is 29.2 Å². The minimum Gasteiger partial charge on any atom is -0.506 e. The maximum atomic E-state index is 10.1. The normalized spacial score (nSPS) is 10.1. The molecule has 5 heteroatoms. The summed E-state index contributed by atoms with van der Waals surface area (Å²) in [6.07, 6.45) is 1.00. The van der Waals surface area contributed by atoms with E-state index in [4.69, 9.17) is 16.7 Å². The fourth-order valence-electron chi connectivity index (χ4n) is 1.11. The molecule has 0 bridgehead atoms. The van der Waals surface area contributed by atoms with Crippen molar-refractivity contribution in [2.45, 2.75) is 12.8 Å². The molecular formula is C9H9ClO4. The van der Waals surface area contributed by atoms with Crippen LogP contribution in [-0.4, -0.2) is 21.6 Å². The summed E-state index contributed by atoms with van der Waals surface area (Å²) in [5, 5.41) is 27.7. The molecule has 0 aliphatic heterocycles. The zero-order chi connectivity index (χ0) is 10.7. The molecule has 0 saturated heterocycles. The lowest BCUT2D eigenvalue weighted by Crippen LogP contribution is -1.90. The van der Waals surface area contributed by atoms with E-state index < -0.39 is 11.5 Å². The topological polar surface area (TPSA) is 77.8 Å². The van der Waals surface area contributed by atoms with Gasteiger partial charge >= 0.3 is 0 Å². The number of aldehydes is 1. The van der Waals surface area contributed by atoms with Gasteiger partial charge in [-0.25, -0.2) is 0 Å². The Bertz CT molecular complexity index is 336. The molecule has 1 aromatic carbocycles. The molecule has 0 unspecified atom stereocenters. The molecule has 0 radical (unpaired) electrons. The molecule has 1 rings (SSSR count). The zero-order valence-corrected chi connectivity index (χ0v) is 7.95. The lowest BCUT2D eigenvalue weighted by molar-refractivity contribution is -0.107. The van der Waals surface area contributed by atoms with Crippen LogP contribution in [0.25, 0.3) is 0 Å². The van der Waals surface area contributed by atoms with E-state index in [9.17, 15) is 15.0 Å². The van der Waals surface area contributed by atoms with Gasteiger partial charge < -0.3 is 20.1 Å². The van der Waals surface area contributed by atoms with Crippen LogP contribution in [0.3, 0.4) is 0 Å². The molecule has 0 saturated carbocycles. The first-order valence-corrected chi connectivity index (χ1v) is 4.31. The molecule has 3 N–H and O–H groups in total. The summed E-state index contributed by atoms with van der Waals surface area (Å²) in [6.45, 7) is 0. The quantitative estimate of drug-likeness (QED) is 0.407. The number of aromatic hydroxyl groups is 3. The predicted molar refractivity (Wildman–Crippen MR) is 50.8 cm³/mol. The largest absolute Gasteiger partial charge is 0.506 e. The van der Waals surface area contributed by atoms with Crippen molar-refractivity contribution in [3.63, 3.8) is 0 Å². The highest BCUT2D eigenvalue weighted by molar-refractivity contribution is 6.33. The van der Waals surface area contributed by atoms with Crippen LogP contribution in [0.5, 0.6) is 17.2 Å². The number of carbonyl (C=O) groups excluding carboxylic acids is 1. The van der Waals surface area contributed by atoms with Crippen molar-refractivity contribution in [2.75, 3.05) is 0 Å². The number of halogens is 1. The molecule has 0 aliphatic rings. The molecule has 14 heavy (non-hydrogen) atoms. The van der Waals surface area contributed by atoms with Gasteiger partial charge in [-0.05, 0) is 6.42 Å². The SMILES string of the molecule is O=CCCc1c(O)c(O)cc(O)c1Cl. The fourth-order valence-corrected chi connectivity index (χ4v) is 1.34.